The molecule has 0 heterocycles. The van der Waals surface area contributed by atoms with E-state index in [-0.39, 0.29) is 23.9 Å². The average molecular weight is 369 g/mol. The number of carbonyl (C=O) groups is 2. The van der Waals surface area contributed by atoms with Gasteiger partial charge < -0.3 is 15.5 Å². The van der Waals surface area contributed by atoms with E-state index in [9.17, 15) is 9.59 Å². The van der Waals surface area contributed by atoms with Crippen LogP contribution in [0.25, 0.3) is 0 Å². The molecular formula is C22H30N3O2+. The fourth-order valence-corrected chi connectivity index (χ4v) is 2.97. The maximum Gasteiger partial charge on any atom is 0.287 e. The van der Waals surface area contributed by atoms with E-state index in [2.05, 4.69) is 10.6 Å². The monoisotopic (exact) mass is 368 g/mol. The summed E-state index contributed by atoms with van der Waals surface area (Å²) in [4.78, 5) is 26.2. The van der Waals surface area contributed by atoms with Crippen molar-refractivity contribution in [3.8, 4) is 0 Å². The van der Waals surface area contributed by atoms with E-state index in [1.807, 2.05) is 89.3 Å². The zero-order valence-electron chi connectivity index (χ0n) is 16.8. The number of aryl methyl sites for hydroxylation is 1. The first kappa shape index (κ1) is 20.6. The zero-order chi connectivity index (χ0) is 20.0. The number of hydrogen-bond donors (Lipinski definition) is 3. The van der Waals surface area contributed by atoms with Crippen LogP contribution in [0.4, 0.5) is 5.69 Å². The molecule has 0 bridgehead atoms. The van der Waals surface area contributed by atoms with Gasteiger partial charge >= 0.3 is 0 Å². The molecule has 5 heteroatoms. The largest absolute Gasteiger partial charge is 0.347 e. The van der Waals surface area contributed by atoms with Gasteiger partial charge in [-0.3, -0.25) is 9.59 Å². The second-order valence-corrected chi connectivity index (χ2v) is 8.02. The molecule has 0 aliphatic heterocycles. The second kappa shape index (κ2) is 8.82. The quantitative estimate of drug-likeness (QED) is 0.731. The molecule has 0 aliphatic carbocycles. The lowest BCUT2D eigenvalue weighted by Crippen LogP contribution is -3.11. The lowest BCUT2D eigenvalue weighted by Gasteiger charge is -2.26. The van der Waals surface area contributed by atoms with Crippen molar-refractivity contribution in [3.05, 3.63) is 65.7 Å². The average Bonchev–Trinajstić information content (AvgIpc) is 2.56. The van der Waals surface area contributed by atoms with Crippen LogP contribution in [0, 0.1) is 6.92 Å². The van der Waals surface area contributed by atoms with Gasteiger partial charge in [0.15, 0.2) is 12.6 Å². The van der Waals surface area contributed by atoms with Crippen LogP contribution >= 0.6 is 0 Å². The lowest BCUT2D eigenvalue weighted by atomic mass is 10.0. The molecule has 3 N–H and O–H groups in total. The Kier molecular flexibility index (Phi) is 6.75. The molecular weight excluding hydrogens is 338 g/mol. The lowest BCUT2D eigenvalue weighted by molar-refractivity contribution is -0.894. The Hall–Kier alpha value is -2.66. The minimum atomic E-state index is -0.488. The fraction of sp³-hybridized carbons (Fsp3) is 0.364. The van der Waals surface area contributed by atoms with Gasteiger partial charge in [0, 0.05) is 16.8 Å². The van der Waals surface area contributed by atoms with Gasteiger partial charge in [-0.05, 0) is 39.8 Å². The third kappa shape index (κ3) is 6.53. The van der Waals surface area contributed by atoms with Crippen molar-refractivity contribution in [1.29, 1.82) is 0 Å². The normalized spacial score (nSPS) is 13.5. The Morgan fingerprint density at radius 2 is 1.59 bits per heavy atom. The first-order valence-corrected chi connectivity index (χ1v) is 9.21. The number of rotatable bonds is 6. The van der Waals surface area contributed by atoms with Crippen LogP contribution in [-0.2, 0) is 9.59 Å². The summed E-state index contributed by atoms with van der Waals surface area (Å²) in [7, 11) is 1.87. The van der Waals surface area contributed by atoms with E-state index in [1.165, 1.54) is 0 Å². The topological polar surface area (TPSA) is 62.6 Å². The Morgan fingerprint density at radius 3 is 2.15 bits per heavy atom. The summed E-state index contributed by atoms with van der Waals surface area (Å²) in [6.45, 7) is 8.04. The van der Waals surface area contributed by atoms with E-state index < -0.39 is 6.04 Å². The number of hydrogen-bond acceptors (Lipinski definition) is 2. The van der Waals surface area contributed by atoms with Crippen molar-refractivity contribution in [2.45, 2.75) is 39.3 Å². The van der Waals surface area contributed by atoms with Gasteiger partial charge in [-0.1, -0.05) is 48.0 Å². The maximum absolute atomic E-state index is 13.0. The Morgan fingerprint density at radius 1 is 1.00 bits per heavy atom. The molecule has 0 saturated heterocycles. The molecule has 0 saturated carbocycles. The number of quaternary nitrogens is 1. The molecule has 0 aromatic heterocycles. The molecule has 2 atom stereocenters. The highest BCUT2D eigenvalue weighted by atomic mass is 16.2. The molecule has 1 unspecified atom stereocenters. The molecule has 2 amide bonds. The molecule has 2 rings (SSSR count). The summed E-state index contributed by atoms with van der Waals surface area (Å²) in [5, 5.41) is 5.94. The summed E-state index contributed by atoms with van der Waals surface area (Å²) in [6.07, 6.45) is 0. The van der Waals surface area contributed by atoms with E-state index in [1.54, 1.807) is 0 Å². The SMILES string of the molecule is Cc1ccc(NC(=O)[C@@H](c2ccccc2)[NH+](C)CC(=O)NC(C)(C)C)cc1. The van der Waals surface area contributed by atoms with Crippen LogP contribution in [-0.4, -0.2) is 30.9 Å². The predicted octanol–water partition coefficient (Wildman–Crippen LogP) is 2.10. The van der Waals surface area contributed by atoms with E-state index >= 15 is 0 Å². The predicted molar refractivity (Wildman–Crippen MR) is 109 cm³/mol. The van der Waals surface area contributed by atoms with Gasteiger partial charge in [0.1, 0.15) is 0 Å². The van der Waals surface area contributed by atoms with Crippen LogP contribution in [0.1, 0.15) is 37.9 Å². The number of benzene rings is 2. The van der Waals surface area contributed by atoms with Crippen molar-refractivity contribution in [1.82, 2.24) is 5.32 Å². The third-order valence-electron chi connectivity index (χ3n) is 4.16. The molecule has 27 heavy (non-hydrogen) atoms. The highest BCUT2D eigenvalue weighted by Gasteiger charge is 2.31. The van der Waals surface area contributed by atoms with Crippen LogP contribution in [0.15, 0.2) is 54.6 Å². The highest BCUT2D eigenvalue weighted by molar-refractivity contribution is 5.94. The Bertz CT molecular complexity index is 764. The molecule has 2 aromatic carbocycles. The van der Waals surface area contributed by atoms with Gasteiger partial charge in [-0.15, -0.1) is 0 Å². The van der Waals surface area contributed by atoms with Gasteiger partial charge in [0.25, 0.3) is 11.8 Å². The Balaban J connectivity index is 2.19. The van der Waals surface area contributed by atoms with E-state index in [0.717, 1.165) is 21.7 Å². The minimum absolute atomic E-state index is 0.0796. The molecule has 0 fully saturated rings. The number of likely N-dealkylation sites (N-methyl/N-ethyl adjacent to an activating group) is 1. The molecule has 0 aliphatic rings. The van der Waals surface area contributed by atoms with E-state index in [0.29, 0.717) is 0 Å². The van der Waals surface area contributed by atoms with Crippen molar-refractivity contribution in [3.63, 3.8) is 0 Å². The maximum atomic E-state index is 13.0. The summed E-state index contributed by atoms with van der Waals surface area (Å²) < 4.78 is 0. The minimum Gasteiger partial charge on any atom is -0.347 e. The molecule has 2 aromatic rings. The standard InChI is InChI=1S/C22H29N3O2/c1-16-11-13-18(14-12-16)23-21(27)20(17-9-7-6-8-10-17)25(5)15-19(26)24-22(2,3)4/h6-14,20H,15H2,1-5H3,(H,23,27)(H,24,26)/p+1/t20-/m1/s1. The number of nitrogens with one attached hydrogen (secondary N) is 3. The van der Waals surface area contributed by atoms with Crippen molar-refractivity contribution in [2.24, 2.45) is 0 Å². The van der Waals surface area contributed by atoms with Crippen molar-refractivity contribution >= 4 is 17.5 Å². The molecule has 5 nitrogen and oxygen atoms in total. The van der Waals surface area contributed by atoms with Crippen molar-refractivity contribution < 1.29 is 14.5 Å². The molecule has 144 valence electrons. The molecule has 0 spiro atoms. The van der Waals surface area contributed by atoms with Crippen LogP contribution < -0.4 is 15.5 Å². The highest BCUT2D eigenvalue weighted by Crippen LogP contribution is 2.14. The second-order valence-electron chi connectivity index (χ2n) is 8.02. The Labute approximate surface area is 161 Å². The summed E-state index contributed by atoms with van der Waals surface area (Å²) in [6, 6.07) is 16.8. The molecule has 0 radical (unpaired) electrons. The first-order valence-electron chi connectivity index (χ1n) is 9.21. The first-order chi connectivity index (χ1) is 12.7. The summed E-state index contributed by atoms with van der Waals surface area (Å²) >= 11 is 0. The van der Waals surface area contributed by atoms with E-state index in [4.69, 9.17) is 0 Å². The number of carbonyl (C=O) groups excluding carboxylic acids is 2. The number of amides is 2. The van der Waals surface area contributed by atoms with Crippen LogP contribution in [0.5, 0.6) is 0 Å². The van der Waals surface area contributed by atoms with Crippen LogP contribution in [0.2, 0.25) is 0 Å². The smallest absolute Gasteiger partial charge is 0.287 e. The van der Waals surface area contributed by atoms with Gasteiger partial charge in [0.05, 0.1) is 7.05 Å². The van der Waals surface area contributed by atoms with Gasteiger partial charge in [-0.25, -0.2) is 0 Å². The third-order valence-corrected chi connectivity index (χ3v) is 4.16. The summed E-state index contributed by atoms with van der Waals surface area (Å²) in [5.41, 5.74) is 2.46. The summed E-state index contributed by atoms with van der Waals surface area (Å²) in [5.74, 6) is -0.213. The van der Waals surface area contributed by atoms with Gasteiger partial charge in [-0.2, -0.15) is 0 Å². The van der Waals surface area contributed by atoms with Crippen LogP contribution in [0.3, 0.4) is 0 Å². The zero-order valence-corrected chi connectivity index (χ0v) is 16.8. The number of anilines is 1. The fourth-order valence-electron chi connectivity index (χ4n) is 2.97. The van der Waals surface area contributed by atoms with Gasteiger partial charge in [0.2, 0.25) is 0 Å². The van der Waals surface area contributed by atoms with Crippen molar-refractivity contribution in [2.75, 3.05) is 18.9 Å².